The number of aryl methyl sites for hydroxylation is 1. The fraction of sp³-hybridized carbons (Fsp3) is 0.526. The molecule has 1 unspecified atom stereocenters. The monoisotopic (exact) mass is 374 g/mol. The van der Waals surface area contributed by atoms with Gasteiger partial charge in [-0.1, -0.05) is 6.07 Å². The molecule has 1 N–H and O–H groups in total. The SMILES string of the molecule is CCn1ncc(N2CCCC(CC(=O)NCCc3cccs3)C2)cc1=O. The van der Waals surface area contributed by atoms with E-state index >= 15 is 0 Å². The normalized spacial score (nSPS) is 17.3. The molecule has 6 nitrogen and oxygen atoms in total. The number of carbonyl (C=O) groups is 1. The van der Waals surface area contributed by atoms with E-state index in [2.05, 4.69) is 26.8 Å². The van der Waals surface area contributed by atoms with Crippen molar-refractivity contribution in [1.29, 1.82) is 0 Å². The summed E-state index contributed by atoms with van der Waals surface area (Å²) < 4.78 is 1.45. The molecule has 1 saturated heterocycles. The summed E-state index contributed by atoms with van der Waals surface area (Å²) in [6.45, 7) is 4.88. The van der Waals surface area contributed by atoms with Gasteiger partial charge in [-0.05, 0) is 43.6 Å². The maximum atomic E-state index is 12.2. The van der Waals surface area contributed by atoms with Crippen LogP contribution in [0.15, 0.2) is 34.6 Å². The minimum absolute atomic E-state index is 0.0709. The van der Waals surface area contributed by atoms with Crippen LogP contribution in [0.3, 0.4) is 0 Å². The van der Waals surface area contributed by atoms with E-state index in [0.29, 0.717) is 25.4 Å². The Morgan fingerprint density at radius 3 is 3.08 bits per heavy atom. The predicted octanol–water partition coefficient (Wildman–Crippen LogP) is 2.29. The molecular formula is C19H26N4O2S. The summed E-state index contributed by atoms with van der Waals surface area (Å²) in [6, 6.07) is 5.78. The van der Waals surface area contributed by atoms with Crippen LogP contribution in [0.5, 0.6) is 0 Å². The summed E-state index contributed by atoms with van der Waals surface area (Å²) in [5.74, 6) is 0.437. The average Bonchev–Trinajstić information content (AvgIpc) is 3.15. The standard InChI is InChI=1S/C19H26N4O2S/c1-2-23-19(25)12-16(13-21-23)22-9-3-5-15(14-22)11-18(24)20-8-7-17-6-4-10-26-17/h4,6,10,12-13,15H,2-3,5,7-9,11,14H2,1H3,(H,20,24). The highest BCUT2D eigenvalue weighted by molar-refractivity contribution is 7.09. The summed E-state index contributed by atoms with van der Waals surface area (Å²) >= 11 is 1.72. The first-order valence-electron chi connectivity index (χ1n) is 9.27. The summed E-state index contributed by atoms with van der Waals surface area (Å²) in [5.41, 5.74) is 0.793. The zero-order chi connectivity index (χ0) is 18.4. The molecule has 2 aromatic rings. The molecule has 2 aromatic heterocycles. The van der Waals surface area contributed by atoms with Gasteiger partial charge in [0.1, 0.15) is 0 Å². The molecule has 0 radical (unpaired) electrons. The third-order valence-corrected chi connectivity index (χ3v) is 5.72. The Hall–Kier alpha value is -2.15. The van der Waals surface area contributed by atoms with E-state index in [1.165, 1.54) is 9.56 Å². The van der Waals surface area contributed by atoms with E-state index in [9.17, 15) is 9.59 Å². The highest BCUT2D eigenvalue weighted by Gasteiger charge is 2.23. The van der Waals surface area contributed by atoms with Crippen molar-refractivity contribution in [2.24, 2.45) is 5.92 Å². The quantitative estimate of drug-likeness (QED) is 0.807. The molecule has 1 aliphatic heterocycles. The van der Waals surface area contributed by atoms with Crippen molar-refractivity contribution in [3.63, 3.8) is 0 Å². The van der Waals surface area contributed by atoms with Crippen LogP contribution in [0, 0.1) is 5.92 Å². The molecule has 7 heteroatoms. The zero-order valence-electron chi connectivity index (χ0n) is 15.2. The van der Waals surface area contributed by atoms with Crippen LogP contribution in [0.4, 0.5) is 5.69 Å². The van der Waals surface area contributed by atoms with Crippen LogP contribution < -0.4 is 15.8 Å². The third kappa shape index (κ3) is 4.94. The Bertz CT molecular complexity index is 772. The molecule has 1 fully saturated rings. The number of nitrogens with zero attached hydrogens (tertiary/aromatic N) is 3. The Labute approximate surface area is 157 Å². The van der Waals surface area contributed by atoms with Crippen LogP contribution in [-0.4, -0.2) is 35.3 Å². The van der Waals surface area contributed by atoms with Gasteiger partial charge in [0.25, 0.3) is 5.56 Å². The summed E-state index contributed by atoms with van der Waals surface area (Å²) in [4.78, 5) is 27.7. The number of amides is 1. The first-order chi connectivity index (χ1) is 12.7. The highest BCUT2D eigenvalue weighted by Crippen LogP contribution is 2.23. The highest BCUT2D eigenvalue weighted by atomic mass is 32.1. The third-order valence-electron chi connectivity index (χ3n) is 4.79. The Morgan fingerprint density at radius 1 is 1.46 bits per heavy atom. The van der Waals surface area contributed by atoms with E-state index in [-0.39, 0.29) is 11.5 Å². The van der Waals surface area contributed by atoms with Crippen LogP contribution in [0.25, 0.3) is 0 Å². The van der Waals surface area contributed by atoms with Crippen molar-refractivity contribution in [3.05, 3.63) is 45.0 Å². The number of hydrogen-bond donors (Lipinski definition) is 1. The van der Waals surface area contributed by atoms with Gasteiger partial charge in [0.05, 0.1) is 11.9 Å². The lowest BCUT2D eigenvalue weighted by atomic mass is 9.94. The first-order valence-corrected chi connectivity index (χ1v) is 10.1. The topological polar surface area (TPSA) is 67.2 Å². The van der Waals surface area contributed by atoms with Crippen LogP contribution >= 0.6 is 11.3 Å². The molecule has 0 aliphatic carbocycles. The van der Waals surface area contributed by atoms with E-state index in [0.717, 1.165) is 38.0 Å². The number of nitrogens with one attached hydrogen (secondary N) is 1. The smallest absolute Gasteiger partial charge is 0.268 e. The van der Waals surface area contributed by atoms with Crippen molar-refractivity contribution in [3.8, 4) is 0 Å². The second kappa shape index (κ2) is 8.98. The number of carbonyl (C=O) groups excluding carboxylic acids is 1. The molecule has 0 aromatic carbocycles. The fourth-order valence-corrected chi connectivity index (χ4v) is 4.12. The second-order valence-electron chi connectivity index (χ2n) is 6.71. The molecule has 0 saturated carbocycles. The molecule has 1 amide bonds. The van der Waals surface area contributed by atoms with Crippen LogP contribution in [-0.2, 0) is 17.8 Å². The Morgan fingerprint density at radius 2 is 2.35 bits per heavy atom. The minimum Gasteiger partial charge on any atom is -0.370 e. The largest absolute Gasteiger partial charge is 0.370 e. The van der Waals surface area contributed by atoms with Gasteiger partial charge in [0.2, 0.25) is 5.91 Å². The van der Waals surface area contributed by atoms with Gasteiger partial charge in [-0.2, -0.15) is 5.10 Å². The molecule has 3 heterocycles. The summed E-state index contributed by atoms with van der Waals surface area (Å²) in [6.07, 6.45) is 5.27. The summed E-state index contributed by atoms with van der Waals surface area (Å²) in [7, 11) is 0. The lowest BCUT2D eigenvalue weighted by Crippen LogP contribution is -2.39. The van der Waals surface area contributed by atoms with E-state index < -0.39 is 0 Å². The molecule has 26 heavy (non-hydrogen) atoms. The van der Waals surface area contributed by atoms with Gasteiger partial charge in [-0.3, -0.25) is 9.59 Å². The predicted molar refractivity (Wildman–Crippen MR) is 105 cm³/mol. The molecule has 1 atom stereocenters. The number of anilines is 1. The second-order valence-corrected chi connectivity index (χ2v) is 7.74. The number of piperidine rings is 1. The lowest BCUT2D eigenvalue weighted by molar-refractivity contribution is -0.122. The van der Waals surface area contributed by atoms with Gasteiger partial charge >= 0.3 is 0 Å². The van der Waals surface area contributed by atoms with E-state index in [4.69, 9.17) is 0 Å². The van der Waals surface area contributed by atoms with Crippen molar-refractivity contribution in [2.75, 3.05) is 24.5 Å². The zero-order valence-corrected chi connectivity index (χ0v) is 16.0. The van der Waals surface area contributed by atoms with E-state index in [1.54, 1.807) is 23.6 Å². The van der Waals surface area contributed by atoms with Crippen LogP contribution in [0.2, 0.25) is 0 Å². The van der Waals surface area contributed by atoms with Gasteiger partial charge in [-0.15, -0.1) is 11.3 Å². The fourth-order valence-electron chi connectivity index (χ4n) is 3.41. The van der Waals surface area contributed by atoms with Crippen molar-refractivity contribution < 1.29 is 4.79 Å². The van der Waals surface area contributed by atoms with Crippen molar-refractivity contribution >= 4 is 22.9 Å². The first kappa shape index (κ1) is 18.6. The molecule has 0 spiro atoms. The molecule has 1 aliphatic rings. The number of hydrogen-bond acceptors (Lipinski definition) is 5. The number of thiophene rings is 1. The summed E-state index contributed by atoms with van der Waals surface area (Å²) in [5, 5.41) is 9.29. The van der Waals surface area contributed by atoms with Gasteiger partial charge in [-0.25, -0.2) is 4.68 Å². The van der Waals surface area contributed by atoms with Gasteiger partial charge in [0.15, 0.2) is 0 Å². The lowest BCUT2D eigenvalue weighted by Gasteiger charge is -2.33. The average molecular weight is 375 g/mol. The van der Waals surface area contributed by atoms with Crippen molar-refractivity contribution in [1.82, 2.24) is 15.1 Å². The minimum atomic E-state index is -0.0709. The molecule has 0 bridgehead atoms. The van der Waals surface area contributed by atoms with Gasteiger partial charge < -0.3 is 10.2 Å². The number of rotatable bonds is 7. The molecule has 3 rings (SSSR count). The Kier molecular flexibility index (Phi) is 6.44. The van der Waals surface area contributed by atoms with Crippen LogP contribution in [0.1, 0.15) is 31.1 Å². The van der Waals surface area contributed by atoms with E-state index in [1.807, 2.05) is 13.0 Å². The molecule has 140 valence electrons. The Balaban J connectivity index is 1.49. The van der Waals surface area contributed by atoms with Gasteiger partial charge in [0, 0.05) is 43.5 Å². The molecular weight excluding hydrogens is 348 g/mol. The number of aromatic nitrogens is 2. The van der Waals surface area contributed by atoms with Crippen molar-refractivity contribution in [2.45, 2.75) is 39.2 Å². The maximum absolute atomic E-state index is 12.2. The maximum Gasteiger partial charge on any atom is 0.268 e.